The lowest BCUT2D eigenvalue weighted by Crippen LogP contribution is -2.19. The van der Waals surface area contributed by atoms with Crippen LogP contribution >= 0.6 is 0 Å². The molecule has 3 heteroatoms. The average Bonchev–Trinajstić information content (AvgIpc) is 2.60. The highest BCUT2D eigenvalue weighted by Gasteiger charge is 2.06. The Hall–Kier alpha value is -0.120. The second kappa shape index (κ2) is 20.9. The Bertz CT molecular complexity index is 224. The van der Waals surface area contributed by atoms with E-state index in [-0.39, 0.29) is 6.61 Å². The summed E-state index contributed by atoms with van der Waals surface area (Å²) in [7, 11) is 0. The van der Waals surface area contributed by atoms with Crippen LogP contribution in [0.1, 0.15) is 103 Å². The van der Waals surface area contributed by atoms with Crippen molar-refractivity contribution in [3.63, 3.8) is 0 Å². The SMILES string of the molecule is CCCCCCC(CO)CCCCCCCCCCCNCCO. The number of unbranched alkanes of at least 4 members (excludes halogenated alkanes) is 11. The summed E-state index contributed by atoms with van der Waals surface area (Å²) in [4.78, 5) is 0. The zero-order chi connectivity index (χ0) is 17.7. The third-order valence-electron chi connectivity index (χ3n) is 4.98. The van der Waals surface area contributed by atoms with Crippen LogP contribution in [-0.4, -0.2) is 36.5 Å². The minimum atomic E-state index is 0.248. The second-order valence-corrected chi connectivity index (χ2v) is 7.34. The molecule has 146 valence electrons. The van der Waals surface area contributed by atoms with Crippen molar-refractivity contribution >= 4 is 0 Å². The van der Waals surface area contributed by atoms with Gasteiger partial charge < -0.3 is 15.5 Å². The Morgan fingerprint density at radius 1 is 0.625 bits per heavy atom. The van der Waals surface area contributed by atoms with E-state index in [1.54, 1.807) is 0 Å². The number of hydrogen-bond acceptors (Lipinski definition) is 3. The molecule has 0 aromatic carbocycles. The molecule has 3 nitrogen and oxygen atoms in total. The van der Waals surface area contributed by atoms with Gasteiger partial charge in [-0.05, 0) is 31.7 Å². The Morgan fingerprint density at radius 3 is 1.62 bits per heavy atom. The first-order chi connectivity index (χ1) is 11.8. The van der Waals surface area contributed by atoms with Crippen LogP contribution in [0.3, 0.4) is 0 Å². The van der Waals surface area contributed by atoms with E-state index in [0.717, 1.165) is 13.1 Å². The molecular weight excluding hydrogens is 298 g/mol. The number of hydrogen-bond donors (Lipinski definition) is 3. The van der Waals surface area contributed by atoms with Crippen molar-refractivity contribution in [2.45, 2.75) is 103 Å². The van der Waals surface area contributed by atoms with Gasteiger partial charge in [-0.15, -0.1) is 0 Å². The van der Waals surface area contributed by atoms with Crippen LogP contribution in [-0.2, 0) is 0 Å². The second-order valence-electron chi connectivity index (χ2n) is 7.34. The Labute approximate surface area is 151 Å². The normalized spacial score (nSPS) is 12.6. The van der Waals surface area contributed by atoms with E-state index < -0.39 is 0 Å². The van der Waals surface area contributed by atoms with Crippen molar-refractivity contribution in [2.24, 2.45) is 5.92 Å². The molecule has 0 saturated carbocycles. The van der Waals surface area contributed by atoms with Crippen LogP contribution < -0.4 is 5.32 Å². The molecule has 0 aromatic heterocycles. The van der Waals surface area contributed by atoms with Gasteiger partial charge in [0.25, 0.3) is 0 Å². The fourth-order valence-corrected chi connectivity index (χ4v) is 3.31. The highest BCUT2D eigenvalue weighted by Crippen LogP contribution is 2.18. The van der Waals surface area contributed by atoms with Gasteiger partial charge in [-0.25, -0.2) is 0 Å². The fraction of sp³-hybridized carbons (Fsp3) is 1.00. The molecule has 0 aliphatic rings. The smallest absolute Gasteiger partial charge is 0.0555 e. The minimum Gasteiger partial charge on any atom is -0.396 e. The molecule has 0 aliphatic carbocycles. The molecule has 0 fully saturated rings. The summed E-state index contributed by atoms with van der Waals surface area (Å²) >= 11 is 0. The Morgan fingerprint density at radius 2 is 1.12 bits per heavy atom. The third-order valence-corrected chi connectivity index (χ3v) is 4.98. The Kier molecular flexibility index (Phi) is 20.8. The largest absolute Gasteiger partial charge is 0.396 e. The van der Waals surface area contributed by atoms with Gasteiger partial charge in [0.15, 0.2) is 0 Å². The monoisotopic (exact) mass is 343 g/mol. The molecule has 3 N–H and O–H groups in total. The lowest BCUT2D eigenvalue weighted by Gasteiger charge is -2.13. The topological polar surface area (TPSA) is 52.5 Å². The van der Waals surface area contributed by atoms with Gasteiger partial charge >= 0.3 is 0 Å². The molecule has 0 amide bonds. The van der Waals surface area contributed by atoms with E-state index in [1.807, 2.05) is 0 Å². The molecule has 24 heavy (non-hydrogen) atoms. The summed E-state index contributed by atoms with van der Waals surface area (Å²) in [6.07, 6.45) is 19.8. The summed E-state index contributed by atoms with van der Waals surface area (Å²) in [5, 5.41) is 21.3. The van der Waals surface area contributed by atoms with E-state index in [2.05, 4.69) is 12.2 Å². The summed E-state index contributed by atoms with van der Waals surface area (Å²) in [6, 6.07) is 0. The van der Waals surface area contributed by atoms with Crippen LogP contribution in [0.2, 0.25) is 0 Å². The molecular formula is C21H45NO2. The predicted octanol–water partition coefficient (Wildman–Crippen LogP) is 5.05. The molecule has 0 bridgehead atoms. The summed E-state index contributed by atoms with van der Waals surface area (Å²) in [5.41, 5.74) is 0. The summed E-state index contributed by atoms with van der Waals surface area (Å²) in [5.74, 6) is 0.557. The van der Waals surface area contributed by atoms with Crippen molar-refractivity contribution in [1.82, 2.24) is 5.32 Å². The third kappa shape index (κ3) is 18.2. The number of rotatable bonds is 20. The number of aliphatic hydroxyl groups is 2. The van der Waals surface area contributed by atoms with E-state index in [4.69, 9.17) is 5.11 Å². The van der Waals surface area contributed by atoms with Gasteiger partial charge in [0.05, 0.1) is 6.61 Å². The fourth-order valence-electron chi connectivity index (χ4n) is 3.31. The van der Waals surface area contributed by atoms with Gasteiger partial charge in [0, 0.05) is 13.2 Å². The first kappa shape index (κ1) is 23.9. The molecule has 0 rings (SSSR count). The van der Waals surface area contributed by atoms with Gasteiger partial charge in [-0.2, -0.15) is 0 Å². The van der Waals surface area contributed by atoms with Crippen molar-refractivity contribution < 1.29 is 10.2 Å². The maximum absolute atomic E-state index is 9.46. The zero-order valence-electron chi connectivity index (χ0n) is 16.4. The highest BCUT2D eigenvalue weighted by molar-refractivity contribution is 4.59. The van der Waals surface area contributed by atoms with Gasteiger partial charge in [-0.1, -0.05) is 84.0 Å². The maximum atomic E-state index is 9.46. The van der Waals surface area contributed by atoms with Crippen LogP contribution in [0.25, 0.3) is 0 Å². The first-order valence-corrected chi connectivity index (χ1v) is 10.8. The molecule has 0 radical (unpaired) electrons. The molecule has 0 heterocycles. The number of aliphatic hydroxyl groups excluding tert-OH is 2. The van der Waals surface area contributed by atoms with Crippen molar-refractivity contribution in [3.05, 3.63) is 0 Å². The molecule has 1 unspecified atom stereocenters. The van der Waals surface area contributed by atoms with Crippen molar-refractivity contribution in [2.75, 3.05) is 26.3 Å². The zero-order valence-corrected chi connectivity index (χ0v) is 16.4. The summed E-state index contributed by atoms with van der Waals surface area (Å²) in [6.45, 7) is 4.66. The molecule has 0 spiro atoms. The van der Waals surface area contributed by atoms with E-state index in [0.29, 0.717) is 12.5 Å². The average molecular weight is 344 g/mol. The van der Waals surface area contributed by atoms with Gasteiger partial charge in [0.1, 0.15) is 0 Å². The van der Waals surface area contributed by atoms with Crippen LogP contribution in [0.5, 0.6) is 0 Å². The minimum absolute atomic E-state index is 0.248. The predicted molar refractivity (Wildman–Crippen MR) is 105 cm³/mol. The Balaban J connectivity index is 3.20. The molecule has 0 aromatic rings. The van der Waals surface area contributed by atoms with E-state index >= 15 is 0 Å². The van der Waals surface area contributed by atoms with Crippen LogP contribution in [0, 0.1) is 5.92 Å². The lowest BCUT2D eigenvalue weighted by atomic mass is 9.95. The standard InChI is InChI=1S/C21H45NO2/c1-2-3-4-12-15-21(20-24)16-13-10-8-6-5-7-9-11-14-17-22-18-19-23/h21-24H,2-20H2,1H3. The molecule has 0 aliphatic heterocycles. The van der Waals surface area contributed by atoms with Gasteiger partial charge in [0.2, 0.25) is 0 Å². The van der Waals surface area contributed by atoms with E-state index in [1.165, 1.54) is 96.3 Å². The number of nitrogens with one attached hydrogen (secondary N) is 1. The molecule has 0 saturated heterocycles. The van der Waals surface area contributed by atoms with Crippen molar-refractivity contribution in [1.29, 1.82) is 0 Å². The highest BCUT2D eigenvalue weighted by atomic mass is 16.3. The molecule has 1 atom stereocenters. The first-order valence-electron chi connectivity index (χ1n) is 10.8. The quantitative estimate of drug-likeness (QED) is 0.271. The van der Waals surface area contributed by atoms with E-state index in [9.17, 15) is 5.11 Å². The van der Waals surface area contributed by atoms with Crippen molar-refractivity contribution in [3.8, 4) is 0 Å². The maximum Gasteiger partial charge on any atom is 0.0555 e. The summed E-state index contributed by atoms with van der Waals surface area (Å²) < 4.78 is 0. The lowest BCUT2D eigenvalue weighted by molar-refractivity contribution is 0.204. The van der Waals surface area contributed by atoms with Crippen LogP contribution in [0.4, 0.5) is 0 Å². The van der Waals surface area contributed by atoms with Gasteiger partial charge in [-0.3, -0.25) is 0 Å². The van der Waals surface area contributed by atoms with Crippen LogP contribution in [0.15, 0.2) is 0 Å².